The molecule has 0 N–H and O–H groups in total. The molecule has 1 radical (unpaired) electrons. The van der Waals surface area contributed by atoms with Crippen molar-refractivity contribution >= 4 is 29.5 Å². The van der Waals surface area contributed by atoms with Gasteiger partial charge in [0, 0.05) is 37.2 Å². The zero-order valence-corrected chi connectivity index (χ0v) is 18.3. The molecular weight excluding hydrogens is 520 g/mol. The van der Waals surface area contributed by atoms with Crippen LogP contribution in [0.25, 0.3) is 0 Å². The molecule has 0 atom stereocenters. The molecule has 2 aromatic carbocycles. The molecule has 0 saturated carbocycles. The van der Waals surface area contributed by atoms with Gasteiger partial charge in [-0.05, 0) is 57.0 Å². The fourth-order valence-corrected chi connectivity index (χ4v) is 2.93. The van der Waals surface area contributed by atoms with Crippen molar-refractivity contribution in [3.8, 4) is 0 Å². The molecule has 2 aliphatic rings. The van der Waals surface area contributed by atoms with Gasteiger partial charge in [-0.2, -0.15) is 6.67 Å². The Bertz CT molecular complexity index is 686. The largest absolute Gasteiger partial charge is 0.504 e. The van der Waals surface area contributed by atoms with E-state index in [2.05, 4.69) is 96.4 Å². The SMILES string of the molecule is C1=CCCCCC=C1.CN1[CH-]N(c2ccccc2)c2ccccc21.Cl.[Ir]. The van der Waals surface area contributed by atoms with Gasteiger partial charge in [-0.25, -0.2) is 0 Å². The van der Waals surface area contributed by atoms with E-state index in [1.54, 1.807) is 0 Å². The van der Waals surface area contributed by atoms with Crippen molar-refractivity contribution in [3.05, 3.63) is 85.6 Å². The first-order valence-corrected chi connectivity index (χ1v) is 8.69. The molecule has 4 heteroatoms. The molecule has 0 spiro atoms. The van der Waals surface area contributed by atoms with Crippen molar-refractivity contribution in [2.45, 2.75) is 25.7 Å². The van der Waals surface area contributed by atoms with Crippen LogP contribution in [0.1, 0.15) is 25.7 Å². The predicted octanol–water partition coefficient (Wildman–Crippen LogP) is 6.49. The third-order valence-corrected chi connectivity index (χ3v) is 4.22. The number of rotatable bonds is 1. The van der Waals surface area contributed by atoms with Gasteiger partial charge in [-0.15, -0.1) is 12.4 Å². The van der Waals surface area contributed by atoms with Gasteiger partial charge in [-0.1, -0.05) is 54.6 Å². The van der Waals surface area contributed by atoms with E-state index in [9.17, 15) is 0 Å². The fraction of sp³-hybridized carbons (Fsp3) is 0.227. The van der Waals surface area contributed by atoms with Crippen LogP contribution in [-0.2, 0) is 20.1 Å². The zero-order chi connectivity index (χ0) is 16.6. The van der Waals surface area contributed by atoms with Crippen LogP contribution >= 0.6 is 12.4 Å². The van der Waals surface area contributed by atoms with Gasteiger partial charge >= 0.3 is 0 Å². The third kappa shape index (κ3) is 6.02. The summed E-state index contributed by atoms with van der Waals surface area (Å²) in [5.41, 5.74) is 3.67. The van der Waals surface area contributed by atoms with Crippen LogP contribution in [0.2, 0.25) is 0 Å². The van der Waals surface area contributed by atoms with Crippen LogP contribution in [-0.4, -0.2) is 7.05 Å². The maximum atomic E-state index is 2.23. The van der Waals surface area contributed by atoms with Gasteiger partial charge in [0.05, 0.1) is 0 Å². The van der Waals surface area contributed by atoms with Gasteiger partial charge < -0.3 is 9.80 Å². The number of anilines is 3. The molecule has 2 nitrogen and oxygen atoms in total. The Morgan fingerprint density at radius 3 is 1.92 bits per heavy atom. The van der Waals surface area contributed by atoms with Gasteiger partial charge in [-0.3, -0.25) is 0 Å². The molecule has 0 saturated heterocycles. The zero-order valence-electron chi connectivity index (χ0n) is 15.0. The summed E-state index contributed by atoms with van der Waals surface area (Å²) in [4.78, 5) is 4.34. The van der Waals surface area contributed by atoms with Crippen molar-refractivity contribution in [1.29, 1.82) is 0 Å². The van der Waals surface area contributed by atoms with Crippen LogP contribution in [0.4, 0.5) is 17.1 Å². The van der Waals surface area contributed by atoms with E-state index >= 15 is 0 Å². The standard InChI is InChI=1S/C14H13N2.C8H12.ClH.Ir/c1-15-11-16(12-7-3-2-4-8-12)14-10-6-5-9-13(14)15;1-2-4-6-8-7-5-3-1;;/h2-11H,1H3;1-4H,5-8H2;1H;/q-1;;;. The van der Waals surface area contributed by atoms with Crippen molar-refractivity contribution in [1.82, 2.24) is 0 Å². The summed E-state index contributed by atoms with van der Waals surface area (Å²) in [7, 11) is 2.07. The van der Waals surface area contributed by atoms with E-state index in [4.69, 9.17) is 0 Å². The quantitative estimate of drug-likeness (QED) is 0.378. The predicted molar refractivity (Wildman–Crippen MR) is 112 cm³/mol. The molecule has 1 aliphatic carbocycles. The summed E-state index contributed by atoms with van der Waals surface area (Å²) in [5, 5.41) is 0. The molecule has 0 aromatic heterocycles. The Morgan fingerprint density at radius 2 is 1.31 bits per heavy atom. The molecule has 4 rings (SSSR count). The van der Waals surface area contributed by atoms with Gasteiger partial charge in [0.15, 0.2) is 0 Å². The van der Waals surface area contributed by atoms with Crippen LogP contribution < -0.4 is 9.80 Å². The first-order valence-electron chi connectivity index (χ1n) is 8.69. The Kier molecular flexibility index (Phi) is 10.3. The van der Waals surface area contributed by atoms with E-state index in [0.29, 0.717) is 0 Å². The van der Waals surface area contributed by atoms with Gasteiger partial charge in [0.25, 0.3) is 0 Å². The Morgan fingerprint density at radius 1 is 0.769 bits per heavy atom. The molecule has 0 unspecified atom stereocenters. The number of halogens is 1. The smallest absolute Gasteiger partial charge is 0.0341 e. The second-order valence-electron chi connectivity index (χ2n) is 6.06. The molecule has 2 aromatic rings. The van der Waals surface area contributed by atoms with Crippen molar-refractivity contribution in [3.63, 3.8) is 0 Å². The van der Waals surface area contributed by atoms with Gasteiger partial charge in [0.2, 0.25) is 0 Å². The van der Waals surface area contributed by atoms with Gasteiger partial charge in [0.1, 0.15) is 0 Å². The number of benzene rings is 2. The first kappa shape index (κ1) is 22.5. The number of hydrogen-bond acceptors (Lipinski definition) is 2. The maximum Gasteiger partial charge on any atom is 0.0341 e. The molecular formula is C22H26ClIrN2-. The fourth-order valence-electron chi connectivity index (χ4n) is 2.93. The summed E-state index contributed by atoms with van der Waals surface area (Å²) < 4.78 is 0. The number of para-hydroxylation sites is 3. The minimum atomic E-state index is 0. The molecule has 1 heterocycles. The Labute approximate surface area is 177 Å². The number of fused-ring (bicyclic) bond motifs is 1. The monoisotopic (exact) mass is 546 g/mol. The normalized spacial score (nSPS) is 14.8. The van der Waals surface area contributed by atoms with E-state index in [0.717, 1.165) is 0 Å². The van der Waals surface area contributed by atoms with E-state index in [1.807, 2.05) is 6.07 Å². The number of nitrogens with zero attached hydrogens (tertiary/aromatic N) is 2. The topological polar surface area (TPSA) is 6.48 Å². The summed E-state index contributed by atoms with van der Waals surface area (Å²) in [6.07, 6.45) is 14.0. The maximum absolute atomic E-state index is 2.23. The number of hydrogen-bond donors (Lipinski definition) is 0. The molecule has 141 valence electrons. The summed E-state index contributed by atoms with van der Waals surface area (Å²) >= 11 is 0. The molecule has 26 heavy (non-hydrogen) atoms. The second kappa shape index (κ2) is 12.0. The Hall–Kier alpha value is -1.54. The molecule has 0 bridgehead atoms. The summed E-state index contributed by atoms with van der Waals surface area (Å²) in [6, 6.07) is 18.8. The van der Waals surface area contributed by atoms with E-state index < -0.39 is 0 Å². The molecule has 1 aliphatic heterocycles. The summed E-state index contributed by atoms with van der Waals surface area (Å²) in [6.45, 7) is 2.11. The minimum absolute atomic E-state index is 0. The second-order valence-corrected chi connectivity index (χ2v) is 6.06. The number of allylic oxidation sites excluding steroid dienone is 4. The molecule has 0 amide bonds. The van der Waals surface area contributed by atoms with Crippen molar-refractivity contribution in [2.75, 3.05) is 16.8 Å². The van der Waals surface area contributed by atoms with Crippen LogP contribution in [0.3, 0.4) is 0 Å². The Balaban J connectivity index is 0.000000292. The van der Waals surface area contributed by atoms with Crippen molar-refractivity contribution < 1.29 is 20.1 Å². The minimum Gasteiger partial charge on any atom is -0.504 e. The summed E-state index contributed by atoms with van der Waals surface area (Å²) in [5.74, 6) is 0. The average Bonchev–Trinajstić information content (AvgIpc) is 2.93. The van der Waals surface area contributed by atoms with E-state index in [1.165, 1.54) is 42.7 Å². The van der Waals surface area contributed by atoms with Crippen molar-refractivity contribution in [2.24, 2.45) is 0 Å². The van der Waals surface area contributed by atoms with Crippen LogP contribution in [0.5, 0.6) is 0 Å². The van der Waals surface area contributed by atoms with Crippen LogP contribution in [0.15, 0.2) is 78.9 Å². The average molecular weight is 546 g/mol. The third-order valence-electron chi connectivity index (χ3n) is 4.22. The first-order chi connectivity index (χ1) is 11.9. The molecule has 0 fully saturated rings. The van der Waals surface area contributed by atoms with E-state index in [-0.39, 0.29) is 32.5 Å². The van der Waals surface area contributed by atoms with Crippen LogP contribution in [0, 0.1) is 6.67 Å².